The standard InChI is InChI=1S/C26H24Cl2N2O7S/c27-20-22(36-14-19(31)32)24(26(34)35)38-23(20)16-5-4-8-18(13-16)37-21(15-9-11-29-12-10-15)25(33)30(28)17-6-2-1-3-7-17/h1-8,13,15,21,29H,9-12,14H2,(H,31,32)(H,34,35). The van der Waals surface area contributed by atoms with Gasteiger partial charge in [0.2, 0.25) is 0 Å². The summed E-state index contributed by atoms with van der Waals surface area (Å²) in [5, 5.41) is 21.8. The van der Waals surface area contributed by atoms with E-state index in [0.29, 0.717) is 21.9 Å². The lowest BCUT2D eigenvalue weighted by Gasteiger charge is -2.31. The second-order valence-electron chi connectivity index (χ2n) is 8.50. The maximum Gasteiger partial charge on any atom is 0.349 e. The Morgan fingerprint density at radius 1 is 1.08 bits per heavy atom. The number of para-hydroxylation sites is 1. The second-order valence-corrected chi connectivity index (χ2v) is 10.2. The van der Waals surface area contributed by atoms with Gasteiger partial charge in [-0.05, 0) is 55.8 Å². The van der Waals surface area contributed by atoms with Gasteiger partial charge in [0.25, 0.3) is 5.91 Å². The van der Waals surface area contributed by atoms with E-state index in [1.165, 1.54) is 0 Å². The Hall–Kier alpha value is -3.31. The molecule has 38 heavy (non-hydrogen) atoms. The normalized spacial score (nSPS) is 14.5. The molecule has 4 rings (SSSR count). The molecule has 2 aromatic carbocycles. The van der Waals surface area contributed by atoms with Crippen LogP contribution < -0.4 is 19.2 Å². The number of hydrogen-bond donors (Lipinski definition) is 3. The molecule has 0 aliphatic carbocycles. The van der Waals surface area contributed by atoms with Crippen LogP contribution in [-0.4, -0.2) is 53.9 Å². The molecular formula is C26H24Cl2N2O7S. The summed E-state index contributed by atoms with van der Waals surface area (Å²) in [6, 6.07) is 15.6. The number of nitrogens with one attached hydrogen (secondary N) is 1. The van der Waals surface area contributed by atoms with Gasteiger partial charge in [-0.3, -0.25) is 4.79 Å². The van der Waals surface area contributed by atoms with Crippen LogP contribution in [0.1, 0.15) is 22.5 Å². The van der Waals surface area contributed by atoms with Crippen molar-refractivity contribution < 1.29 is 34.1 Å². The molecule has 12 heteroatoms. The highest BCUT2D eigenvalue weighted by atomic mass is 35.5. The Labute approximate surface area is 232 Å². The predicted octanol–water partition coefficient (Wildman–Crippen LogP) is 5.16. The molecular weight excluding hydrogens is 555 g/mol. The van der Waals surface area contributed by atoms with E-state index in [-0.39, 0.29) is 21.6 Å². The Bertz CT molecular complexity index is 1310. The van der Waals surface area contributed by atoms with Crippen molar-refractivity contribution in [2.24, 2.45) is 5.92 Å². The third kappa shape index (κ3) is 6.39. The number of halogens is 2. The first-order chi connectivity index (χ1) is 18.3. The number of carbonyl (C=O) groups excluding carboxylic acids is 1. The smallest absolute Gasteiger partial charge is 0.349 e. The molecule has 1 amide bonds. The van der Waals surface area contributed by atoms with Crippen molar-refractivity contribution >= 4 is 58.2 Å². The summed E-state index contributed by atoms with van der Waals surface area (Å²) in [5.41, 5.74) is 1.04. The van der Waals surface area contributed by atoms with Gasteiger partial charge in [0.1, 0.15) is 10.8 Å². The number of rotatable bonds is 10. The first-order valence-corrected chi connectivity index (χ1v) is 13.2. The maximum absolute atomic E-state index is 13.5. The molecule has 1 aliphatic heterocycles. The topological polar surface area (TPSA) is 125 Å². The van der Waals surface area contributed by atoms with Crippen LogP contribution in [0.15, 0.2) is 54.6 Å². The Kier molecular flexibility index (Phi) is 9.11. The summed E-state index contributed by atoms with van der Waals surface area (Å²) < 4.78 is 12.5. The number of piperidine rings is 1. The van der Waals surface area contributed by atoms with Gasteiger partial charge in [0.15, 0.2) is 23.3 Å². The van der Waals surface area contributed by atoms with Crippen molar-refractivity contribution in [1.29, 1.82) is 0 Å². The number of carboxylic acid groups (broad SMARTS) is 2. The number of aromatic carboxylic acids is 1. The highest BCUT2D eigenvalue weighted by molar-refractivity contribution is 7.18. The summed E-state index contributed by atoms with van der Waals surface area (Å²) in [7, 11) is 0. The SMILES string of the molecule is O=C(O)COc1c(C(=O)O)sc(-c2cccc(OC(C(=O)N(Cl)c3ccccc3)C3CCNCC3)c2)c1Cl. The number of carboxylic acids is 2. The number of amides is 1. The van der Waals surface area contributed by atoms with E-state index in [1.807, 2.05) is 6.07 Å². The lowest BCUT2D eigenvalue weighted by molar-refractivity contribution is -0.139. The van der Waals surface area contributed by atoms with Gasteiger partial charge in [-0.15, -0.1) is 11.3 Å². The molecule has 3 aromatic rings. The average Bonchev–Trinajstić information content (AvgIpc) is 3.27. The molecule has 1 aliphatic rings. The monoisotopic (exact) mass is 578 g/mol. The summed E-state index contributed by atoms with van der Waals surface area (Å²) in [5.74, 6) is -2.89. The summed E-state index contributed by atoms with van der Waals surface area (Å²) >= 11 is 13.7. The number of carbonyl (C=O) groups is 3. The van der Waals surface area contributed by atoms with Crippen LogP contribution in [0, 0.1) is 5.92 Å². The predicted molar refractivity (Wildman–Crippen MR) is 145 cm³/mol. The summed E-state index contributed by atoms with van der Waals surface area (Å²) in [6.07, 6.45) is 0.574. The summed E-state index contributed by atoms with van der Waals surface area (Å²) in [4.78, 5) is 36.3. The van der Waals surface area contributed by atoms with Crippen molar-refractivity contribution in [2.75, 3.05) is 24.1 Å². The van der Waals surface area contributed by atoms with Crippen molar-refractivity contribution in [1.82, 2.24) is 5.32 Å². The zero-order valence-electron chi connectivity index (χ0n) is 19.9. The molecule has 3 N–H and O–H groups in total. The van der Waals surface area contributed by atoms with Crippen LogP contribution in [0.4, 0.5) is 5.69 Å². The third-order valence-electron chi connectivity index (χ3n) is 5.93. The van der Waals surface area contributed by atoms with E-state index in [0.717, 1.165) is 41.7 Å². The fourth-order valence-electron chi connectivity index (χ4n) is 4.14. The number of anilines is 1. The molecule has 1 unspecified atom stereocenters. The van der Waals surface area contributed by atoms with E-state index in [4.69, 9.17) is 38.0 Å². The molecule has 1 atom stereocenters. The minimum atomic E-state index is -1.30. The molecule has 200 valence electrons. The van der Waals surface area contributed by atoms with E-state index < -0.39 is 30.6 Å². The zero-order valence-corrected chi connectivity index (χ0v) is 22.3. The molecule has 2 heterocycles. The van der Waals surface area contributed by atoms with E-state index in [9.17, 15) is 19.5 Å². The molecule has 0 saturated carbocycles. The van der Waals surface area contributed by atoms with Gasteiger partial charge >= 0.3 is 11.9 Å². The first kappa shape index (κ1) is 27.7. The van der Waals surface area contributed by atoms with E-state index >= 15 is 0 Å². The van der Waals surface area contributed by atoms with Crippen LogP contribution >= 0.6 is 34.7 Å². The minimum absolute atomic E-state index is 0.0206. The van der Waals surface area contributed by atoms with E-state index in [2.05, 4.69) is 5.32 Å². The van der Waals surface area contributed by atoms with Gasteiger partial charge in [0.05, 0.1) is 10.6 Å². The Morgan fingerprint density at radius 3 is 2.45 bits per heavy atom. The van der Waals surface area contributed by atoms with E-state index in [1.54, 1.807) is 48.5 Å². The Balaban J connectivity index is 1.64. The van der Waals surface area contributed by atoms with Crippen molar-refractivity contribution in [3.63, 3.8) is 0 Å². The van der Waals surface area contributed by atoms with Crippen molar-refractivity contribution in [3.05, 3.63) is 64.5 Å². The van der Waals surface area contributed by atoms with Crippen LogP contribution in [0.2, 0.25) is 5.02 Å². The maximum atomic E-state index is 13.5. The molecule has 0 spiro atoms. The number of benzene rings is 2. The second kappa shape index (κ2) is 12.5. The number of hydrogen-bond acceptors (Lipinski definition) is 7. The number of thiophene rings is 1. The lowest BCUT2D eigenvalue weighted by Crippen LogP contribution is -2.46. The Morgan fingerprint density at radius 2 is 1.79 bits per heavy atom. The van der Waals surface area contributed by atoms with Gasteiger partial charge in [0, 0.05) is 17.7 Å². The number of aliphatic carboxylic acids is 1. The van der Waals surface area contributed by atoms with Gasteiger partial charge < -0.3 is 25.0 Å². The largest absolute Gasteiger partial charge is 0.480 e. The van der Waals surface area contributed by atoms with Crippen LogP contribution in [0.5, 0.6) is 11.5 Å². The summed E-state index contributed by atoms with van der Waals surface area (Å²) in [6.45, 7) is 0.746. The van der Waals surface area contributed by atoms with Crippen LogP contribution in [-0.2, 0) is 9.59 Å². The lowest BCUT2D eigenvalue weighted by atomic mass is 9.91. The highest BCUT2D eigenvalue weighted by Gasteiger charge is 2.35. The molecule has 1 saturated heterocycles. The molecule has 0 bridgehead atoms. The fraction of sp³-hybridized carbons (Fsp3) is 0.269. The highest BCUT2D eigenvalue weighted by Crippen LogP contribution is 2.46. The van der Waals surface area contributed by atoms with Gasteiger partial charge in [-0.1, -0.05) is 41.9 Å². The number of ether oxygens (including phenoxy) is 2. The van der Waals surface area contributed by atoms with Gasteiger partial charge in [-0.25, -0.2) is 14.0 Å². The molecule has 9 nitrogen and oxygen atoms in total. The molecule has 1 fully saturated rings. The average molecular weight is 579 g/mol. The number of nitrogens with zero attached hydrogens (tertiary/aromatic N) is 1. The molecule has 0 radical (unpaired) electrons. The third-order valence-corrected chi connectivity index (χ3v) is 7.98. The van der Waals surface area contributed by atoms with Crippen LogP contribution in [0.3, 0.4) is 0 Å². The zero-order chi connectivity index (χ0) is 27.2. The quantitative estimate of drug-likeness (QED) is 0.281. The minimum Gasteiger partial charge on any atom is -0.480 e. The van der Waals surface area contributed by atoms with Crippen molar-refractivity contribution in [3.8, 4) is 21.9 Å². The fourth-order valence-corrected chi connectivity index (χ4v) is 5.75. The first-order valence-electron chi connectivity index (χ1n) is 11.7. The van der Waals surface area contributed by atoms with Crippen LogP contribution in [0.25, 0.3) is 10.4 Å². The molecule has 1 aromatic heterocycles. The van der Waals surface area contributed by atoms with Gasteiger partial charge in [-0.2, -0.15) is 0 Å². The van der Waals surface area contributed by atoms with Crippen molar-refractivity contribution in [2.45, 2.75) is 18.9 Å².